The van der Waals surface area contributed by atoms with Crippen LogP contribution in [0.4, 0.5) is 0 Å². The minimum atomic E-state index is -1.76. The zero-order valence-corrected chi connectivity index (χ0v) is 56.1. The molecule has 4 aromatic heterocycles. The molecule has 0 saturated carbocycles. The molecule has 0 atom stereocenters. The molecule has 12 heteroatoms. The zero-order valence-electron chi connectivity index (χ0n) is 50.8. The molecule has 0 radical (unpaired) electrons. The van der Waals surface area contributed by atoms with Gasteiger partial charge in [0, 0.05) is 20.9 Å². The lowest BCUT2D eigenvalue weighted by atomic mass is 9.78. The molecule has 0 amide bonds. The highest BCUT2D eigenvalue weighted by Gasteiger charge is 2.46. The summed E-state index contributed by atoms with van der Waals surface area (Å²) in [4.78, 5) is 4.20. The minimum absolute atomic E-state index is 0.645. The molecule has 0 bridgehead atoms. The van der Waals surface area contributed by atoms with Crippen LogP contribution < -0.4 is 27.9 Å². The van der Waals surface area contributed by atoms with Crippen LogP contribution in [-0.4, -0.2) is 52.8 Å². The van der Waals surface area contributed by atoms with E-state index in [4.69, 9.17) is 18.9 Å². The first kappa shape index (κ1) is 63.5. The van der Waals surface area contributed by atoms with Gasteiger partial charge in [-0.05, 0) is 118 Å². The van der Waals surface area contributed by atoms with Crippen LogP contribution in [-0.2, 0) is 11.2 Å². The Balaban J connectivity index is 1.41. The van der Waals surface area contributed by atoms with Crippen LogP contribution in [0.15, 0.2) is 121 Å². The highest BCUT2D eigenvalue weighted by atomic mass is 32.1. The van der Waals surface area contributed by atoms with Crippen LogP contribution in [0.2, 0.25) is 39.3 Å². The van der Waals surface area contributed by atoms with Crippen LogP contribution in [0.25, 0.3) is 28.9 Å². The second kappa shape index (κ2) is 29.5. The van der Waals surface area contributed by atoms with E-state index in [1.807, 2.05) is 71.2 Å². The Bertz CT molecular complexity index is 2860. The number of unbranched alkanes of at least 4 members (excludes halogenated alkanes) is 12. The zero-order chi connectivity index (χ0) is 58.3. The van der Waals surface area contributed by atoms with Crippen LogP contribution in [0.3, 0.4) is 0 Å². The van der Waals surface area contributed by atoms with Crippen molar-refractivity contribution >= 4 is 79.9 Å². The molecule has 0 aliphatic rings. The van der Waals surface area contributed by atoms with Crippen molar-refractivity contribution in [1.29, 1.82) is 0 Å². The summed E-state index contributed by atoms with van der Waals surface area (Å²) in [5.41, 5.74) is 1.25. The smallest absolute Gasteiger partial charge is 0.143 e. The molecule has 8 aromatic rings. The van der Waals surface area contributed by atoms with Gasteiger partial charge < -0.3 is 29.2 Å². The predicted octanol–water partition coefficient (Wildman–Crippen LogP) is 19.9. The van der Waals surface area contributed by atoms with E-state index in [0.717, 1.165) is 137 Å². The normalized spacial score (nSPS) is 12.4. The average molecular weight is 1210 g/mol. The summed E-state index contributed by atoms with van der Waals surface area (Å²) in [7, 11) is -3.53. The number of thiophene rings is 4. The second-order valence-corrected chi connectivity index (χ2v) is 39.3. The van der Waals surface area contributed by atoms with Crippen molar-refractivity contribution in [1.82, 2.24) is 0 Å². The van der Waals surface area contributed by atoms with Gasteiger partial charge in [-0.25, -0.2) is 0 Å². The van der Waals surface area contributed by atoms with Gasteiger partial charge in [0.2, 0.25) is 0 Å². The first-order valence-corrected chi connectivity index (χ1v) is 41.0. The lowest BCUT2D eigenvalue weighted by molar-refractivity contribution is 0.127. The third-order valence-electron chi connectivity index (χ3n) is 15.5. The molecule has 0 spiro atoms. The maximum Gasteiger partial charge on any atom is 0.143 e. The molecule has 0 aliphatic carbocycles. The Morgan fingerprint density at radius 2 is 0.585 bits per heavy atom. The van der Waals surface area contributed by atoms with E-state index in [2.05, 4.69) is 140 Å². The fourth-order valence-electron chi connectivity index (χ4n) is 10.6. The van der Waals surface area contributed by atoms with E-state index >= 15 is 0 Å². The Hall–Kier alpha value is -4.51. The molecule has 0 aliphatic heterocycles. The van der Waals surface area contributed by atoms with E-state index in [-0.39, 0.29) is 0 Å². The Kier molecular flexibility index (Phi) is 22.9. The first-order chi connectivity index (χ1) is 39.5. The maximum absolute atomic E-state index is 14.6. The van der Waals surface area contributed by atoms with Gasteiger partial charge in [-0.1, -0.05) is 205 Å². The molecular weight excluding hydrogens is 1120 g/mol. The minimum Gasteiger partial charge on any atom is -0.494 e. The number of aliphatic hydroxyl groups is 2. The topological polar surface area (TPSA) is 77.4 Å². The predicted molar refractivity (Wildman–Crippen MR) is 361 cm³/mol. The van der Waals surface area contributed by atoms with E-state index in [1.54, 1.807) is 22.7 Å². The molecule has 4 aromatic carbocycles. The van der Waals surface area contributed by atoms with Crippen LogP contribution in [0.5, 0.6) is 23.0 Å². The number of fused-ring (bicyclic) bond motifs is 1. The molecule has 0 saturated heterocycles. The number of hydrogen-bond donors (Lipinski definition) is 2. The van der Waals surface area contributed by atoms with Crippen molar-refractivity contribution in [2.45, 2.75) is 181 Å². The summed E-state index contributed by atoms with van der Waals surface area (Å²) < 4.78 is 30.1. The van der Waals surface area contributed by atoms with E-state index in [0.29, 0.717) is 26.4 Å². The molecule has 4 heterocycles. The van der Waals surface area contributed by atoms with Crippen LogP contribution in [0, 0.1) is 0 Å². The van der Waals surface area contributed by atoms with Crippen molar-refractivity contribution in [2.24, 2.45) is 0 Å². The molecule has 0 unspecified atom stereocenters. The van der Waals surface area contributed by atoms with Crippen molar-refractivity contribution in [3.8, 4) is 42.5 Å². The maximum atomic E-state index is 14.6. The molecule has 6 nitrogen and oxygen atoms in total. The number of ether oxygens (including phenoxy) is 4. The number of rotatable bonds is 34. The second-order valence-electron chi connectivity index (χ2n) is 24.3. The highest BCUT2D eigenvalue weighted by molar-refractivity contribution is 7.36. The molecule has 440 valence electrons. The van der Waals surface area contributed by atoms with Gasteiger partial charge in [0.25, 0.3) is 0 Å². The molecule has 0 fully saturated rings. The first-order valence-electron chi connectivity index (χ1n) is 30.7. The fraction of sp³-hybridized carbons (Fsp3) is 0.457. The lowest BCUT2D eigenvalue weighted by Gasteiger charge is -2.31. The van der Waals surface area contributed by atoms with E-state index < -0.39 is 27.3 Å². The number of benzene rings is 4. The van der Waals surface area contributed by atoms with Gasteiger partial charge in [0.1, 0.15) is 34.2 Å². The third-order valence-corrected chi connectivity index (χ3v) is 27.8. The van der Waals surface area contributed by atoms with Crippen molar-refractivity contribution in [3.63, 3.8) is 0 Å². The summed E-state index contributed by atoms with van der Waals surface area (Å²) in [5.74, 6) is 3.13. The van der Waals surface area contributed by atoms with E-state index in [1.165, 1.54) is 60.4 Å². The standard InChI is InChI=1S/C70H92O6S4Si2/c1-11-15-19-23-47-73-55-35-27-51(28-36-55)69(71,52-29-37-56(38-30-52)74-48-24-20-16-12-2)63-65(59-43-45-61(77-59)81(5,6)7)79-68-64(66(80-67(63)68)60-44-46-62(78-60)82(8,9)10)70(72,53-31-39-57(40-32-53)75-49-25-21-17-13-3)54-33-41-58(42-34-54)76-50-26-22-18-14-4/h27-46,71-72H,11-26,47-50H2,1-10H3. The Morgan fingerprint density at radius 1 is 0.329 bits per heavy atom. The van der Waals surface area contributed by atoms with Crippen LogP contribution in [0.1, 0.15) is 164 Å². The fourth-order valence-corrected chi connectivity index (χ4v) is 19.7. The van der Waals surface area contributed by atoms with Gasteiger partial charge in [0.15, 0.2) is 0 Å². The van der Waals surface area contributed by atoms with Gasteiger partial charge in [-0.2, -0.15) is 0 Å². The summed E-state index contributed by atoms with van der Waals surface area (Å²) in [6.07, 6.45) is 18.0. The molecule has 8 rings (SSSR count). The Labute approximate surface area is 509 Å². The molecule has 82 heavy (non-hydrogen) atoms. The summed E-state index contributed by atoms with van der Waals surface area (Å²) >= 11 is 7.09. The lowest BCUT2D eigenvalue weighted by Crippen LogP contribution is -2.34. The third kappa shape index (κ3) is 15.3. The summed E-state index contributed by atoms with van der Waals surface area (Å²) in [6, 6.07) is 41.8. The van der Waals surface area contributed by atoms with Crippen molar-refractivity contribution in [3.05, 3.63) is 155 Å². The average Bonchev–Trinajstić information content (AvgIpc) is 1.80. The van der Waals surface area contributed by atoms with Gasteiger partial charge >= 0.3 is 0 Å². The highest BCUT2D eigenvalue weighted by Crippen LogP contribution is 2.59. The number of hydrogen-bond acceptors (Lipinski definition) is 10. The van der Waals surface area contributed by atoms with Gasteiger partial charge in [-0.15, -0.1) is 45.3 Å². The van der Waals surface area contributed by atoms with Gasteiger partial charge in [0.05, 0.1) is 61.7 Å². The molecule has 2 N–H and O–H groups in total. The van der Waals surface area contributed by atoms with Crippen molar-refractivity contribution < 1.29 is 29.2 Å². The van der Waals surface area contributed by atoms with Gasteiger partial charge in [-0.3, -0.25) is 0 Å². The SMILES string of the molecule is CCCCCCOc1ccc(C(O)(c2ccc(OCCCCCC)cc2)c2c(-c3ccc([Si](C)(C)C)s3)sc3c(C(O)(c4ccc(OCCCCCC)cc4)c4ccc(OCCCCCC)cc4)c(-c4ccc([Si](C)(C)C)s4)sc23)cc1. The van der Waals surface area contributed by atoms with E-state index in [9.17, 15) is 10.2 Å². The molecular formula is C70H92O6S4Si2. The monoisotopic (exact) mass is 1210 g/mol. The summed E-state index contributed by atoms with van der Waals surface area (Å²) in [6.45, 7) is 25.9. The quantitative estimate of drug-likeness (QED) is 0.0309. The largest absolute Gasteiger partial charge is 0.494 e. The Morgan fingerprint density at radius 3 is 0.805 bits per heavy atom. The summed E-state index contributed by atoms with van der Waals surface area (Å²) in [5, 5.41) is 29.3. The van der Waals surface area contributed by atoms with Crippen molar-refractivity contribution in [2.75, 3.05) is 26.4 Å². The van der Waals surface area contributed by atoms with Crippen LogP contribution >= 0.6 is 45.3 Å².